The topological polar surface area (TPSA) is 120 Å². The fourth-order valence-corrected chi connectivity index (χ4v) is 4.07. The third kappa shape index (κ3) is 5.95. The lowest BCUT2D eigenvalue weighted by molar-refractivity contribution is 0.192. The largest absolute Gasteiger partial charge is 0.493 e. The zero-order valence-electron chi connectivity index (χ0n) is 19.8. The van der Waals surface area contributed by atoms with Crippen LogP contribution in [0.3, 0.4) is 0 Å². The van der Waals surface area contributed by atoms with Crippen molar-refractivity contribution in [2.24, 2.45) is 0 Å². The first-order valence-electron chi connectivity index (χ1n) is 10.6. The highest BCUT2D eigenvalue weighted by Crippen LogP contribution is 2.40. The van der Waals surface area contributed by atoms with Crippen molar-refractivity contribution >= 4 is 15.8 Å². The second-order valence-corrected chi connectivity index (χ2v) is 10.2. The second-order valence-electron chi connectivity index (χ2n) is 8.56. The van der Waals surface area contributed by atoms with Gasteiger partial charge in [-0.1, -0.05) is 39.0 Å². The van der Waals surface area contributed by atoms with Gasteiger partial charge in [0.05, 0.1) is 18.6 Å². The van der Waals surface area contributed by atoms with E-state index in [0.717, 1.165) is 17.5 Å². The highest BCUT2D eigenvalue weighted by molar-refractivity contribution is 7.92. The first kappa shape index (κ1) is 25.3. The van der Waals surface area contributed by atoms with E-state index in [1.807, 2.05) is 33.8 Å². The van der Waals surface area contributed by atoms with Gasteiger partial charge in [0.15, 0.2) is 17.3 Å². The molecule has 0 amide bonds. The molecule has 3 rings (SSSR count). The number of aliphatic hydroxyl groups is 1. The molecule has 0 saturated heterocycles. The zero-order valence-corrected chi connectivity index (χ0v) is 20.6. The molecule has 0 radical (unpaired) electrons. The predicted molar refractivity (Wildman–Crippen MR) is 128 cm³/mol. The summed E-state index contributed by atoms with van der Waals surface area (Å²) < 4.78 is 45.5. The molecule has 0 unspecified atom stereocenters. The first-order valence-corrected chi connectivity index (χ1v) is 12.1. The summed E-state index contributed by atoms with van der Waals surface area (Å²) in [5.74, 6) is 0.529. The average Bonchev–Trinajstić information content (AvgIpc) is 2.79. The van der Waals surface area contributed by atoms with Crippen LogP contribution in [0.5, 0.6) is 23.1 Å². The van der Waals surface area contributed by atoms with Gasteiger partial charge < -0.3 is 19.3 Å². The fraction of sp³-hybridized carbons (Fsp3) is 0.333. The molecule has 10 heteroatoms. The predicted octanol–water partition coefficient (Wildman–Crippen LogP) is 4.06. The van der Waals surface area contributed by atoms with Crippen LogP contribution in [0.4, 0.5) is 5.82 Å². The molecule has 0 fully saturated rings. The number of anilines is 1. The lowest BCUT2D eigenvalue weighted by Crippen LogP contribution is -2.16. The number of aromatic nitrogens is 2. The third-order valence-corrected chi connectivity index (χ3v) is 6.25. The monoisotopic (exact) mass is 487 g/mol. The van der Waals surface area contributed by atoms with Gasteiger partial charge in [-0.2, -0.15) is 4.98 Å². The molecule has 1 aromatic heterocycles. The van der Waals surface area contributed by atoms with E-state index in [2.05, 4.69) is 14.7 Å². The molecule has 0 aliphatic carbocycles. The van der Waals surface area contributed by atoms with Crippen molar-refractivity contribution in [2.45, 2.75) is 38.0 Å². The smallest absolute Gasteiger partial charge is 0.263 e. The zero-order chi connectivity index (χ0) is 24.9. The number of sulfonamides is 1. The Kier molecular flexibility index (Phi) is 7.63. The van der Waals surface area contributed by atoms with Crippen LogP contribution >= 0.6 is 0 Å². The maximum absolute atomic E-state index is 13.1. The first-order chi connectivity index (χ1) is 16.0. The Morgan fingerprint density at radius 1 is 1.03 bits per heavy atom. The summed E-state index contributed by atoms with van der Waals surface area (Å²) in [6.07, 6.45) is 1.15. The van der Waals surface area contributed by atoms with Crippen LogP contribution in [0, 0.1) is 6.92 Å². The standard InChI is InChI=1S/C24H29N3O6S/c1-16-6-11-19(20(14-16)31-5)33-21-22(25-15-26-23(21)32-13-12-28)27-34(29,30)18-9-7-17(8-10-18)24(2,3)4/h6-11,14-15,28H,12-13H2,1-5H3,(H,25,26,27). The number of nitrogens with one attached hydrogen (secondary N) is 1. The number of hydrogen-bond acceptors (Lipinski definition) is 8. The van der Waals surface area contributed by atoms with Gasteiger partial charge in [0, 0.05) is 0 Å². The Hall–Kier alpha value is -3.37. The molecule has 1 heterocycles. The van der Waals surface area contributed by atoms with Crippen molar-refractivity contribution in [3.8, 4) is 23.1 Å². The van der Waals surface area contributed by atoms with E-state index < -0.39 is 10.0 Å². The Morgan fingerprint density at radius 2 is 1.74 bits per heavy atom. The van der Waals surface area contributed by atoms with Crippen molar-refractivity contribution in [1.29, 1.82) is 0 Å². The van der Waals surface area contributed by atoms with E-state index in [1.54, 1.807) is 24.3 Å². The van der Waals surface area contributed by atoms with E-state index in [9.17, 15) is 8.42 Å². The van der Waals surface area contributed by atoms with Crippen molar-refractivity contribution in [3.05, 3.63) is 59.9 Å². The Balaban J connectivity index is 2.01. The van der Waals surface area contributed by atoms with Crippen molar-refractivity contribution in [2.75, 3.05) is 25.0 Å². The number of methoxy groups -OCH3 is 1. The molecule has 34 heavy (non-hydrogen) atoms. The molecule has 2 aromatic carbocycles. The maximum atomic E-state index is 13.1. The highest BCUT2D eigenvalue weighted by Gasteiger charge is 2.24. The average molecular weight is 488 g/mol. The minimum atomic E-state index is -4.01. The van der Waals surface area contributed by atoms with Gasteiger partial charge in [0.1, 0.15) is 12.9 Å². The molecule has 0 aliphatic rings. The van der Waals surface area contributed by atoms with E-state index in [0.29, 0.717) is 11.5 Å². The summed E-state index contributed by atoms with van der Waals surface area (Å²) in [6, 6.07) is 11.9. The molecule has 182 valence electrons. The van der Waals surface area contributed by atoms with Crippen LogP contribution in [0.1, 0.15) is 31.9 Å². The third-order valence-electron chi connectivity index (χ3n) is 4.89. The van der Waals surface area contributed by atoms with Crippen LogP contribution in [0.2, 0.25) is 0 Å². The molecule has 0 saturated carbocycles. The minimum Gasteiger partial charge on any atom is -0.493 e. The fourth-order valence-electron chi connectivity index (χ4n) is 3.06. The number of benzene rings is 2. The lowest BCUT2D eigenvalue weighted by atomic mass is 9.87. The molecular formula is C24H29N3O6S. The Morgan fingerprint density at radius 3 is 2.35 bits per heavy atom. The molecule has 0 aliphatic heterocycles. The van der Waals surface area contributed by atoms with Crippen molar-refractivity contribution in [1.82, 2.24) is 9.97 Å². The summed E-state index contributed by atoms with van der Waals surface area (Å²) >= 11 is 0. The molecule has 0 spiro atoms. The lowest BCUT2D eigenvalue weighted by Gasteiger charge is -2.19. The summed E-state index contributed by atoms with van der Waals surface area (Å²) in [5.41, 5.74) is 1.84. The van der Waals surface area contributed by atoms with Crippen LogP contribution in [0.25, 0.3) is 0 Å². The van der Waals surface area contributed by atoms with Crippen molar-refractivity contribution < 1.29 is 27.7 Å². The maximum Gasteiger partial charge on any atom is 0.263 e. The number of hydrogen-bond donors (Lipinski definition) is 2. The summed E-state index contributed by atoms with van der Waals surface area (Å²) in [6.45, 7) is 7.71. The van der Waals surface area contributed by atoms with Gasteiger partial charge in [-0.25, -0.2) is 13.4 Å². The van der Waals surface area contributed by atoms with Crippen LogP contribution in [0.15, 0.2) is 53.7 Å². The normalized spacial score (nSPS) is 11.7. The summed E-state index contributed by atoms with van der Waals surface area (Å²) in [7, 11) is -2.51. The Bertz CT molecular complexity index is 1240. The minimum absolute atomic E-state index is 0.0348. The second kappa shape index (κ2) is 10.3. The summed E-state index contributed by atoms with van der Waals surface area (Å²) in [5, 5.41) is 9.16. The highest BCUT2D eigenvalue weighted by atomic mass is 32.2. The van der Waals surface area contributed by atoms with Gasteiger partial charge in [0.25, 0.3) is 15.9 Å². The molecule has 2 N–H and O–H groups in total. The number of ether oxygens (including phenoxy) is 3. The molecule has 0 bridgehead atoms. The number of nitrogens with zero attached hydrogens (tertiary/aromatic N) is 2. The number of aliphatic hydroxyl groups excluding tert-OH is 1. The van der Waals surface area contributed by atoms with Crippen LogP contribution in [-0.2, 0) is 15.4 Å². The molecule has 0 atom stereocenters. The van der Waals surface area contributed by atoms with Gasteiger partial charge in [0.2, 0.25) is 5.75 Å². The summed E-state index contributed by atoms with van der Waals surface area (Å²) in [4.78, 5) is 8.18. The van der Waals surface area contributed by atoms with E-state index in [-0.39, 0.29) is 41.0 Å². The van der Waals surface area contributed by atoms with E-state index >= 15 is 0 Å². The van der Waals surface area contributed by atoms with Gasteiger partial charge >= 0.3 is 0 Å². The van der Waals surface area contributed by atoms with Gasteiger partial charge in [-0.3, -0.25) is 4.72 Å². The van der Waals surface area contributed by atoms with Gasteiger partial charge in [-0.15, -0.1) is 0 Å². The Labute approximate surface area is 199 Å². The SMILES string of the molecule is COc1cc(C)ccc1Oc1c(NS(=O)(=O)c2ccc(C(C)(C)C)cc2)ncnc1OCCO. The van der Waals surface area contributed by atoms with E-state index in [1.165, 1.54) is 19.2 Å². The van der Waals surface area contributed by atoms with Crippen LogP contribution < -0.4 is 18.9 Å². The van der Waals surface area contributed by atoms with Gasteiger partial charge in [-0.05, 0) is 47.7 Å². The molecule has 3 aromatic rings. The van der Waals surface area contributed by atoms with E-state index in [4.69, 9.17) is 19.3 Å². The number of aryl methyl sites for hydroxylation is 1. The van der Waals surface area contributed by atoms with Crippen LogP contribution in [-0.4, -0.2) is 43.8 Å². The van der Waals surface area contributed by atoms with Crippen molar-refractivity contribution in [3.63, 3.8) is 0 Å². The molecule has 9 nitrogen and oxygen atoms in total. The molecular weight excluding hydrogens is 458 g/mol. The number of rotatable bonds is 9. The quantitative estimate of drug-likeness (QED) is 0.464.